The molecule has 2 atom stereocenters. The Morgan fingerprint density at radius 1 is 1.36 bits per heavy atom. The number of ether oxygens (including phenoxy) is 1. The molecule has 0 aromatic carbocycles. The molecule has 0 aliphatic heterocycles. The van der Waals surface area contributed by atoms with E-state index in [1.165, 1.54) is 25.7 Å². The average Bonchev–Trinajstić information content (AvgIpc) is 2.03. The summed E-state index contributed by atoms with van der Waals surface area (Å²) in [6, 6.07) is 0. The minimum absolute atomic E-state index is 0.490. The summed E-state index contributed by atoms with van der Waals surface area (Å²) in [6.07, 6.45) is 6.86. The maximum absolute atomic E-state index is 5.70. The zero-order valence-electron chi connectivity index (χ0n) is 7.18. The first-order chi connectivity index (χ1) is 5.34. The highest BCUT2D eigenvalue weighted by molar-refractivity contribution is 9.09. The molecule has 0 N–H and O–H groups in total. The van der Waals surface area contributed by atoms with Gasteiger partial charge in [0.15, 0.2) is 0 Å². The van der Waals surface area contributed by atoms with Gasteiger partial charge in [0, 0.05) is 11.4 Å². The molecule has 1 fully saturated rings. The summed E-state index contributed by atoms with van der Waals surface area (Å²) in [5.41, 5.74) is 0. The van der Waals surface area contributed by atoms with Gasteiger partial charge in [0.2, 0.25) is 0 Å². The highest BCUT2D eigenvalue weighted by Gasteiger charge is 2.22. The molecule has 66 valence electrons. The standard InChI is InChI=1S/C9H17BrO/c1-2-7-11-9-6-4-3-5-8(9)10/h8-9H,2-7H2,1H3. The maximum Gasteiger partial charge on any atom is 0.0700 e. The van der Waals surface area contributed by atoms with Gasteiger partial charge in [0.05, 0.1) is 6.10 Å². The monoisotopic (exact) mass is 220 g/mol. The lowest BCUT2D eigenvalue weighted by Crippen LogP contribution is -2.28. The summed E-state index contributed by atoms with van der Waals surface area (Å²) in [4.78, 5) is 0.614. The molecular formula is C9H17BrO. The van der Waals surface area contributed by atoms with E-state index in [9.17, 15) is 0 Å². The van der Waals surface area contributed by atoms with Crippen molar-refractivity contribution >= 4 is 15.9 Å². The highest BCUT2D eigenvalue weighted by Crippen LogP contribution is 2.26. The zero-order chi connectivity index (χ0) is 8.10. The third kappa shape index (κ3) is 3.12. The van der Waals surface area contributed by atoms with E-state index < -0.39 is 0 Å². The van der Waals surface area contributed by atoms with E-state index >= 15 is 0 Å². The molecule has 0 amide bonds. The summed E-state index contributed by atoms with van der Waals surface area (Å²) in [5.74, 6) is 0. The van der Waals surface area contributed by atoms with Gasteiger partial charge in [-0.25, -0.2) is 0 Å². The van der Waals surface area contributed by atoms with Crippen LogP contribution in [0.3, 0.4) is 0 Å². The number of hydrogen-bond acceptors (Lipinski definition) is 1. The van der Waals surface area contributed by atoms with Crippen LogP contribution in [0.2, 0.25) is 0 Å². The van der Waals surface area contributed by atoms with E-state index in [0.29, 0.717) is 10.9 Å². The van der Waals surface area contributed by atoms with Gasteiger partial charge in [-0.05, 0) is 19.3 Å². The summed E-state index contributed by atoms with van der Waals surface area (Å²) < 4.78 is 5.70. The van der Waals surface area contributed by atoms with Gasteiger partial charge in [-0.3, -0.25) is 0 Å². The largest absolute Gasteiger partial charge is 0.377 e. The van der Waals surface area contributed by atoms with Crippen LogP contribution in [0.4, 0.5) is 0 Å². The van der Waals surface area contributed by atoms with Crippen molar-refractivity contribution in [3.63, 3.8) is 0 Å². The van der Waals surface area contributed by atoms with Gasteiger partial charge in [0.25, 0.3) is 0 Å². The third-order valence-electron chi connectivity index (χ3n) is 2.16. The van der Waals surface area contributed by atoms with Gasteiger partial charge in [-0.15, -0.1) is 0 Å². The van der Waals surface area contributed by atoms with Crippen molar-refractivity contribution in [1.29, 1.82) is 0 Å². The first kappa shape index (κ1) is 9.53. The predicted molar refractivity (Wildman–Crippen MR) is 51.2 cm³/mol. The Morgan fingerprint density at radius 3 is 2.73 bits per heavy atom. The lowest BCUT2D eigenvalue weighted by molar-refractivity contribution is 0.0348. The van der Waals surface area contributed by atoms with Crippen molar-refractivity contribution in [2.24, 2.45) is 0 Å². The summed E-state index contributed by atoms with van der Waals surface area (Å²) in [5, 5.41) is 0. The molecule has 0 spiro atoms. The Labute approximate surface area is 77.6 Å². The van der Waals surface area contributed by atoms with Crippen molar-refractivity contribution in [3.8, 4) is 0 Å². The van der Waals surface area contributed by atoms with E-state index in [0.717, 1.165) is 13.0 Å². The second-order valence-electron chi connectivity index (χ2n) is 3.21. The molecule has 1 aliphatic rings. The molecule has 0 saturated heterocycles. The number of hydrogen-bond donors (Lipinski definition) is 0. The SMILES string of the molecule is CCCOC1CCCCC1Br. The van der Waals surface area contributed by atoms with Crippen molar-refractivity contribution in [2.75, 3.05) is 6.61 Å². The first-order valence-corrected chi connectivity index (χ1v) is 5.52. The van der Waals surface area contributed by atoms with Crippen LogP contribution >= 0.6 is 15.9 Å². The summed E-state index contributed by atoms with van der Waals surface area (Å²) >= 11 is 3.66. The normalized spacial score (nSPS) is 32.2. The van der Waals surface area contributed by atoms with E-state index in [1.54, 1.807) is 0 Å². The number of halogens is 1. The van der Waals surface area contributed by atoms with Crippen LogP contribution in [0.5, 0.6) is 0 Å². The number of rotatable bonds is 3. The van der Waals surface area contributed by atoms with Gasteiger partial charge in [-0.2, -0.15) is 0 Å². The minimum Gasteiger partial charge on any atom is -0.377 e. The fraction of sp³-hybridized carbons (Fsp3) is 1.00. The Bertz CT molecular complexity index is 106. The van der Waals surface area contributed by atoms with Crippen molar-refractivity contribution in [2.45, 2.75) is 50.0 Å². The molecule has 11 heavy (non-hydrogen) atoms. The summed E-state index contributed by atoms with van der Waals surface area (Å²) in [6.45, 7) is 3.08. The molecule has 0 radical (unpaired) electrons. The molecule has 0 aromatic heterocycles. The van der Waals surface area contributed by atoms with Crippen molar-refractivity contribution < 1.29 is 4.74 Å². The quantitative estimate of drug-likeness (QED) is 0.665. The molecule has 0 aromatic rings. The smallest absolute Gasteiger partial charge is 0.0700 e. The molecule has 0 bridgehead atoms. The van der Waals surface area contributed by atoms with Crippen LogP contribution in [-0.2, 0) is 4.74 Å². The zero-order valence-corrected chi connectivity index (χ0v) is 8.77. The molecule has 2 unspecified atom stereocenters. The van der Waals surface area contributed by atoms with Crippen LogP contribution in [0.15, 0.2) is 0 Å². The topological polar surface area (TPSA) is 9.23 Å². The first-order valence-electron chi connectivity index (χ1n) is 4.60. The molecule has 1 nitrogen and oxygen atoms in total. The van der Waals surface area contributed by atoms with Gasteiger partial charge < -0.3 is 4.74 Å². The Kier molecular flexibility index (Phi) is 4.46. The lowest BCUT2D eigenvalue weighted by Gasteiger charge is -2.27. The van der Waals surface area contributed by atoms with Crippen molar-refractivity contribution in [1.82, 2.24) is 0 Å². The van der Waals surface area contributed by atoms with E-state index in [4.69, 9.17) is 4.74 Å². The third-order valence-corrected chi connectivity index (χ3v) is 3.21. The predicted octanol–water partition coefficient (Wildman–Crippen LogP) is 3.12. The maximum atomic E-state index is 5.70. The molecule has 1 aliphatic carbocycles. The van der Waals surface area contributed by atoms with Gasteiger partial charge in [-0.1, -0.05) is 35.7 Å². The molecule has 2 heteroatoms. The minimum atomic E-state index is 0.490. The van der Waals surface area contributed by atoms with Crippen LogP contribution in [0.25, 0.3) is 0 Å². The highest BCUT2D eigenvalue weighted by atomic mass is 79.9. The molecular weight excluding hydrogens is 204 g/mol. The van der Waals surface area contributed by atoms with Crippen LogP contribution < -0.4 is 0 Å². The fourth-order valence-corrected chi connectivity index (χ4v) is 2.25. The van der Waals surface area contributed by atoms with Crippen molar-refractivity contribution in [3.05, 3.63) is 0 Å². The summed E-state index contributed by atoms with van der Waals surface area (Å²) in [7, 11) is 0. The number of alkyl halides is 1. The Hall–Kier alpha value is 0.440. The second kappa shape index (κ2) is 5.15. The van der Waals surface area contributed by atoms with E-state index in [-0.39, 0.29) is 0 Å². The van der Waals surface area contributed by atoms with Crippen LogP contribution in [0, 0.1) is 0 Å². The van der Waals surface area contributed by atoms with Crippen LogP contribution in [0.1, 0.15) is 39.0 Å². The second-order valence-corrected chi connectivity index (χ2v) is 4.39. The molecule has 0 heterocycles. The fourth-order valence-electron chi connectivity index (χ4n) is 1.51. The Morgan fingerprint density at radius 2 is 2.09 bits per heavy atom. The van der Waals surface area contributed by atoms with Crippen LogP contribution in [-0.4, -0.2) is 17.5 Å². The van der Waals surface area contributed by atoms with E-state index in [1.807, 2.05) is 0 Å². The lowest BCUT2D eigenvalue weighted by atomic mass is 9.98. The van der Waals surface area contributed by atoms with Gasteiger partial charge >= 0.3 is 0 Å². The van der Waals surface area contributed by atoms with E-state index in [2.05, 4.69) is 22.9 Å². The molecule has 1 rings (SSSR count). The van der Waals surface area contributed by atoms with Gasteiger partial charge in [0.1, 0.15) is 0 Å². The average molecular weight is 221 g/mol. The Balaban J connectivity index is 2.18. The molecule has 1 saturated carbocycles.